The maximum atomic E-state index is 12.0. The van der Waals surface area contributed by atoms with Gasteiger partial charge in [0.2, 0.25) is 0 Å². The molecule has 4 nitrogen and oxygen atoms in total. The SMILES string of the molecule is CCCCCS(=O)CC(N)c1cc(OC)ccc1OC. The van der Waals surface area contributed by atoms with Gasteiger partial charge in [0.05, 0.1) is 14.2 Å². The number of benzene rings is 1. The summed E-state index contributed by atoms with van der Waals surface area (Å²) in [5.74, 6) is 2.61. The Labute approximate surface area is 124 Å². The van der Waals surface area contributed by atoms with E-state index in [0.717, 1.165) is 30.6 Å². The summed E-state index contributed by atoms with van der Waals surface area (Å²) in [6.45, 7) is 2.13. The molecule has 0 saturated carbocycles. The number of hydrogen-bond donors (Lipinski definition) is 1. The lowest BCUT2D eigenvalue weighted by Crippen LogP contribution is -2.20. The lowest BCUT2D eigenvalue weighted by atomic mass is 10.1. The van der Waals surface area contributed by atoms with E-state index in [9.17, 15) is 4.21 Å². The number of ether oxygens (including phenoxy) is 2. The molecule has 2 N–H and O–H groups in total. The van der Waals surface area contributed by atoms with E-state index < -0.39 is 10.8 Å². The fourth-order valence-corrected chi connectivity index (χ4v) is 3.29. The molecule has 1 aromatic rings. The van der Waals surface area contributed by atoms with Crippen molar-refractivity contribution in [3.05, 3.63) is 23.8 Å². The second kappa shape index (κ2) is 8.97. The van der Waals surface area contributed by atoms with Gasteiger partial charge >= 0.3 is 0 Å². The lowest BCUT2D eigenvalue weighted by molar-refractivity contribution is 0.396. The molecule has 0 aromatic heterocycles. The molecular weight excluding hydrogens is 274 g/mol. The van der Waals surface area contributed by atoms with Crippen LogP contribution in [-0.2, 0) is 10.8 Å². The predicted molar refractivity (Wildman–Crippen MR) is 83.9 cm³/mol. The van der Waals surface area contributed by atoms with Gasteiger partial charge in [-0.05, 0) is 24.6 Å². The number of hydrogen-bond acceptors (Lipinski definition) is 4. The summed E-state index contributed by atoms with van der Waals surface area (Å²) in [6, 6.07) is 5.20. The van der Waals surface area contributed by atoms with Gasteiger partial charge < -0.3 is 15.2 Å². The number of unbranched alkanes of at least 4 members (excludes halogenated alkanes) is 2. The van der Waals surface area contributed by atoms with Crippen LogP contribution < -0.4 is 15.2 Å². The third-order valence-electron chi connectivity index (χ3n) is 3.18. The Kier molecular flexibility index (Phi) is 7.62. The van der Waals surface area contributed by atoms with E-state index in [1.165, 1.54) is 0 Å². The van der Waals surface area contributed by atoms with Gasteiger partial charge in [-0.15, -0.1) is 0 Å². The molecule has 0 radical (unpaired) electrons. The molecule has 0 aliphatic rings. The van der Waals surface area contributed by atoms with E-state index in [1.54, 1.807) is 14.2 Å². The third-order valence-corrected chi connectivity index (χ3v) is 4.65. The van der Waals surface area contributed by atoms with Gasteiger partial charge in [-0.25, -0.2) is 0 Å². The molecular formula is C15H25NO3S. The summed E-state index contributed by atoms with van der Waals surface area (Å²) in [5, 5.41) is 0. The first-order chi connectivity index (χ1) is 9.62. The molecule has 0 amide bonds. The molecule has 1 rings (SSSR count). The Balaban J connectivity index is 2.70. The van der Waals surface area contributed by atoms with E-state index in [0.29, 0.717) is 17.3 Å². The van der Waals surface area contributed by atoms with Crippen LogP contribution in [0.4, 0.5) is 0 Å². The van der Waals surface area contributed by atoms with Crippen LogP contribution in [0.5, 0.6) is 11.5 Å². The van der Waals surface area contributed by atoms with Crippen molar-refractivity contribution < 1.29 is 13.7 Å². The van der Waals surface area contributed by atoms with Crippen molar-refractivity contribution in [2.45, 2.75) is 32.2 Å². The zero-order valence-electron chi connectivity index (χ0n) is 12.6. The van der Waals surface area contributed by atoms with Crippen molar-refractivity contribution in [1.82, 2.24) is 0 Å². The zero-order chi connectivity index (χ0) is 15.0. The molecule has 20 heavy (non-hydrogen) atoms. The number of methoxy groups -OCH3 is 2. The Hall–Kier alpha value is -1.07. The van der Waals surface area contributed by atoms with Crippen LogP contribution >= 0.6 is 0 Å². The Morgan fingerprint density at radius 2 is 2.00 bits per heavy atom. The van der Waals surface area contributed by atoms with Gasteiger partial charge in [0, 0.05) is 33.9 Å². The van der Waals surface area contributed by atoms with Crippen LogP contribution in [0.3, 0.4) is 0 Å². The molecule has 0 spiro atoms. The second-order valence-electron chi connectivity index (χ2n) is 4.73. The van der Waals surface area contributed by atoms with Gasteiger partial charge in [-0.3, -0.25) is 4.21 Å². The highest BCUT2D eigenvalue weighted by Crippen LogP contribution is 2.28. The molecule has 5 heteroatoms. The Morgan fingerprint density at radius 1 is 1.25 bits per heavy atom. The van der Waals surface area contributed by atoms with Crippen LogP contribution in [0.1, 0.15) is 37.8 Å². The number of rotatable bonds is 9. The Morgan fingerprint density at radius 3 is 2.60 bits per heavy atom. The monoisotopic (exact) mass is 299 g/mol. The van der Waals surface area contributed by atoms with Crippen LogP contribution in [0.25, 0.3) is 0 Å². The van der Waals surface area contributed by atoms with Crippen LogP contribution in [0.15, 0.2) is 18.2 Å². The summed E-state index contributed by atoms with van der Waals surface area (Å²) >= 11 is 0. The first kappa shape index (κ1) is 17.0. The van der Waals surface area contributed by atoms with E-state index in [4.69, 9.17) is 15.2 Å². The zero-order valence-corrected chi connectivity index (χ0v) is 13.4. The van der Waals surface area contributed by atoms with Crippen molar-refractivity contribution in [3.63, 3.8) is 0 Å². The molecule has 2 atom stereocenters. The topological polar surface area (TPSA) is 61.6 Å². The van der Waals surface area contributed by atoms with Crippen molar-refractivity contribution in [3.8, 4) is 11.5 Å². The molecule has 1 aromatic carbocycles. The highest BCUT2D eigenvalue weighted by atomic mass is 32.2. The fraction of sp³-hybridized carbons (Fsp3) is 0.600. The molecule has 2 unspecified atom stereocenters. The highest BCUT2D eigenvalue weighted by Gasteiger charge is 2.16. The third kappa shape index (κ3) is 5.13. The first-order valence-corrected chi connectivity index (χ1v) is 8.43. The van der Waals surface area contributed by atoms with Gasteiger partial charge in [-0.2, -0.15) is 0 Å². The van der Waals surface area contributed by atoms with Crippen LogP contribution in [-0.4, -0.2) is 29.9 Å². The maximum absolute atomic E-state index is 12.0. The van der Waals surface area contributed by atoms with E-state index in [-0.39, 0.29) is 6.04 Å². The van der Waals surface area contributed by atoms with Gasteiger partial charge in [0.15, 0.2) is 0 Å². The van der Waals surface area contributed by atoms with Crippen molar-refractivity contribution >= 4 is 10.8 Å². The summed E-state index contributed by atoms with van der Waals surface area (Å²) in [6.07, 6.45) is 3.24. The van der Waals surface area contributed by atoms with Gasteiger partial charge in [0.25, 0.3) is 0 Å². The lowest BCUT2D eigenvalue weighted by Gasteiger charge is -2.16. The quantitative estimate of drug-likeness (QED) is 0.712. The van der Waals surface area contributed by atoms with Gasteiger partial charge in [-0.1, -0.05) is 19.8 Å². The molecule has 0 heterocycles. The molecule has 114 valence electrons. The standard InChI is InChI=1S/C15H25NO3S/c1-4-5-6-9-20(17)11-14(16)13-10-12(18-2)7-8-15(13)19-3/h7-8,10,14H,4-6,9,11,16H2,1-3H3. The smallest absolute Gasteiger partial charge is 0.123 e. The van der Waals surface area contributed by atoms with Crippen molar-refractivity contribution in [2.75, 3.05) is 25.7 Å². The minimum Gasteiger partial charge on any atom is -0.497 e. The molecule has 0 aliphatic heterocycles. The minimum absolute atomic E-state index is 0.303. The second-order valence-corrected chi connectivity index (χ2v) is 6.35. The highest BCUT2D eigenvalue weighted by molar-refractivity contribution is 7.85. The predicted octanol–water partition coefficient (Wildman–Crippen LogP) is 2.64. The molecule has 0 fully saturated rings. The molecule has 0 bridgehead atoms. The normalized spacial score (nSPS) is 13.8. The largest absolute Gasteiger partial charge is 0.497 e. The van der Waals surface area contributed by atoms with E-state index >= 15 is 0 Å². The van der Waals surface area contributed by atoms with Crippen molar-refractivity contribution in [2.24, 2.45) is 5.73 Å². The summed E-state index contributed by atoms with van der Waals surface area (Å²) in [7, 11) is 2.33. The Bertz CT molecular complexity index is 437. The average Bonchev–Trinajstić information content (AvgIpc) is 2.46. The van der Waals surface area contributed by atoms with Gasteiger partial charge in [0.1, 0.15) is 11.5 Å². The first-order valence-electron chi connectivity index (χ1n) is 6.94. The molecule has 0 saturated heterocycles. The van der Waals surface area contributed by atoms with Crippen molar-refractivity contribution in [1.29, 1.82) is 0 Å². The summed E-state index contributed by atoms with van der Waals surface area (Å²) in [5.41, 5.74) is 7.01. The fourth-order valence-electron chi connectivity index (χ4n) is 2.02. The maximum Gasteiger partial charge on any atom is 0.123 e. The van der Waals surface area contributed by atoms with Crippen LogP contribution in [0, 0.1) is 0 Å². The van der Waals surface area contributed by atoms with Crippen LogP contribution in [0.2, 0.25) is 0 Å². The summed E-state index contributed by atoms with van der Waals surface area (Å²) < 4.78 is 22.5. The van der Waals surface area contributed by atoms with E-state index in [2.05, 4.69) is 6.92 Å². The number of nitrogens with two attached hydrogens (primary N) is 1. The average molecular weight is 299 g/mol. The summed E-state index contributed by atoms with van der Waals surface area (Å²) in [4.78, 5) is 0. The minimum atomic E-state index is -0.892. The molecule has 0 aliphatic carbocycles. The van der Waals surface area contributed by atoms with E-state index in [1.807, 2.05) is 18.2 Å².